The molecule has 198 valence electrons. The molecule has 1 aromatic carbocycles. The summed E-state index contributed by atoms with van der Waals surface area (Å²) in [4.78, 5) is 19.6. The van der Waals surface area contributed by atoms with Crippen LogP contribution in [0.25, 0.3) is 16.6 Å². The van der Waals surface area contributed by atoms with Gasteiger partial charge in [-0.15, -0.1) is 0 Å². The van der Waals surface area contributed by atoms with E-state index in [1.54, 1.807) is 6.92 Å². The summed E-state index contributed by atoms with van der Waals surface area (Å²) < 4.78 is 8.17. The Morgan fingerprint density at radius 3 is 2.36 bits per heavy atom. The summed E-state index contributed by atoms with van der Waals surface area (Å²) >= 11 is 0. The number of hydrogen-bond donors (Lipinski definition) is 1. The number of ether oxygens (including phenoxy) is 1. The summed E-state index contributed by atoms with van der Waals surface area (Å²) in [7, 11) is 1.82. The number of benzene rings is 1. The van der Waals surface area contributed by atoms with Crippen LogP contribution in [0.3, 0.4) is 0 Å². The molecule has 2 aromatic rings. The highest BCUT2D eigenvalue weighted by Gasteiger charge is 2.31. The van der Waals surface area contributed by atoms with Crippen LogP contribution in [0.15, 0.2) is 24.3 Å². The molecule has 1 aliphatic rings. The molecule has 0 bridgehead atoms. The molecule has 6 heteroatoms. The van der Waals surface area contributed by atoms with E-state index in [2.05, 4.69) is 55.4 Å². The van der Waals surface area contributed by atoms with E-state index in [4.69, 9.17) is 15.1 Å². The van der Waals surface area contributed by atoms with E-state index in [1.807, 2.05) is 27.0 Å². The minimum atomic E-state index is 0.197. The van der Waals surface area contributed by atoms with E-state index in [0.29, 0.717) is 30.3 Å². The number of fused-ring (bicyclic) bond motifs is 1. The zero-order valence-electron chi connectivity index (χ0n) is 23.6. The molecule has 1 aliphatic carbocycles. The number of rotatable bonds is 11. The van der Waals surface area contributed by atoms with Crippen LogP contribution in [-0.4, -0.2) is 58.3 Å². The van der Waals surface area contributed by atoms with Crippen molar-refractivity contribution in [3.63, 3.8) is 0 Å². The quantitative estimate of drug-likeness (QED) is 0.355. The van der Waals surface area contributed by atoms with Gasteiger partial charge in [0.25, 0.3) is 0 Å². The maximum atomic E-state index is 12.0. The Labute approximate surface area is 217 Å². The lowest BCUT2D eigenvalue weighted by Gasteiger charge is -2.34. The molecule has 1 fully saturated rings. The fraction of sp³-hybridized carbons (Fsp3) is 0.633. The molecular formula is C30H46N4O2. The van der Waals surface area contributed by atoms with Crippen LogP contribution in [0.5, 0.6) is 0 Å². The maximum Gasteiger partial charge on any atom is 0.143 e. The maximum absolute atomic E-state index is 12.0. The molecule has 6 nitrogen and oxygen atoms in total. The van der Waals surface area contributed by atoms with Gasteiger partial charge in [0.15, 0.2) is 0 Å². The van der Waals surface area contributed by atoms with Crippen LogP contribution < -0.4 is 0 Å². The van der Waals surface area contributed by atoms with Crippen LogP contribution in [0, 0.1) is 11.3 Å². The van der Waals surface area contributed by atoms with Gasteiger partial charge < -0.3 is 14.7 Å². The van der Waals surface area contributed by atoms with Gasteiger partial charge in [0.05, 0.1) is 23.7 Å². The summed E-state index contributed by atoms with van der Waals surface area (Å²) in [6, 6.07) is 7.15. The summed E-state index contributed by atoms with van der Waals surface area (Å²) in [5, 5.41) is 8.20. The number of allylic oxidation sites excluding steroid dienone is 2. The van der Waals surface area contributed by atoms with Crippen molar-refractivity contribution in [2.45, 2.75) is 98.3 Å². The first-order valence-electron chi connectivity index (χ1n) is 13.6. The minimum absolute atomic E-state index is 0.197. The van der Waals surface area contributed by atoms with Crippen LogP contribution >= 0.6 is 0 Å². The van der Waals surface area contributed by atoms with E-state index in [0.717, 1.165) is 54.7 Å². The molecule has 1 aromatic heterocycles. The van der Waals surface area contributed by atoms with E-state index >= 15 is 0 Å². The summed E-state index contributed by atoms with van der Waals surface area (Å²) in [6.07, 6.45) is 6.61. The summed E-state index contributed by atoms with van der Waals surface area (Å²) in [5.74, 6) is 1.90. The van der Waals surface area contributed by atoms with Crippen LogP contribution in [0.1, 0.15) is 97.5 Å². The normalized spacial score (nSPS) is 20.0. The third-order valence-corrected chi connectivity index (χ3v) is 7.79. The fourth-order valence-corrected chi connectivity index (χ4v) is 5.66. The standard InChI is InChI=1S/C30H46N4O2/c1-9-26(22(7)31)23-10-15-29-28(16-23)32-30(34(29)24-11-13-25(36-8)14-12-24)27(19(2)3)18-33(20(4)5)17-21(6)35/h9-10,15-16,19-20,24-25,27,31H,11-14,17-18H2,1-8H3/b26-9-,31-22?. The van der Waals surface area contributed by atoms with E-state index < -0.39 is 0 Å². The van der Waals surface area contributed by atoms with Gasteiger partial charge in [-0.25, -0.2) is 4.98 Å². The van der Waals surface area contributed by atoms with Crippen molar-refractivity contribution in [1.29, 1.82) is 5.41 Å². The smallest absolute Gasteiger partial charge is 0.143 e. The first-order valence-corrected chi connectivity index (χ1v) is 13.6. The van der Waals surface area contributed by atoms with Crippen LogP contribution in [0.2, 0.25) is 0 Å². The lowest BCUT2D eigenvalue weighted by Crippen LogP contribution is -2.40. The predicted molar refractivity (Wildman–Crippen MR) is 150 cm³/mol. The first kappa shape index (κ1) is 28.3. The van der Waals surface area contributed by atoms with Crippen molar-refractivity contribution in [2.75, 3.05) is 20.2 Å². The average Bonchev–Trinajstić information content (AvgIpc) is 3.19. The molecule has 3 rings (SSSR count). The lowest BCUT2D eigenvalue weighted by atomic mass is 9.90. The summed E-state index contributed by atoms with van der Waals surface area (Å²) in [6.45, 7) is 15.6. The Bertz CT molecular complexity index is 1090. The molecule has 1 atom stereocenters. The molecule has 0 amide bonds. The average molecular weight is 495 g/mol. The largest absolute Gasteiger partial charge is 0.381 e. The number of carbonyl (C=O) groups excluding carboxylic acids is 1. The molecule has 0 saturated heterocycles. The molecule has 0 spiro atoms. The van der Waals surface area contributed by atoms with Gasteiger partial charge in [0.1, 0.15) is 11.6 Å². The SMILES string of the molecule is C/C=C(/C(C)=N)c1ccc2c(c1)nc(C(CN(CC(C)=O)C(C)C)C(C)C)n2C1CCC(OC)CC1. The van der Waals surface area contributed by atoms with Gasteiger partial charge in [-0.2, -0.15) is 0 Å². The third kappa shape index (κ3) is 6.33. The minimum Gasteiger partial charge on any atom is -0.381 e. The van der Waals surface area contributed by atoms with Gasteiger partial charge in [-0.3, -0.25) is 9.69 Å². The molecule has 0 aliphatic heterocycles. The molecule has 0 radical (unpaired) electrons. The van der Waals surface area contributed by atoms with Crippen molar-refractivity contribution in [3.05, 3.63) is 35.7 Å². The molecule has 1 N–H and O–H groups in total. The monoisotopic (exact) mass is 494 g/mol. The summed E-state index contributed by atoms with van der Waals surface area (Å²) in [5.41, 5.74) is 4.71. The Morgan fingerprint density at radius 2 is 1.86 bits per heavy atom. The number of carbonyl (C=O) groups is 1. The van der Waals surface area contributed by atoms with E-state index in [9.17, 15) is 4.79 Å². The van der Waals surface area contributed by atoms with E-state index in [-0.39, 0.29) is 17.7 Å². The van der Waals surface area contributed by atoms with Crippen molar-refractivity contribution in [2.24, 2.45) is 5.92 Å². The second kappa shape index (κ2) is 12.3. The Balaban J connectivity index is 2.14. The Morgan fingerprint density at radius 1 is 1.19 bits per heavy atom. The number of methoxy groups -OCH3 is 1. The Hall–Kier alpha value is -2.31. The van der Waals surface area contributed by atoms with Crippen molar-refractivity contribution in [1.82, 2.24) is 14.5 Å². The third-order valence-electron chi connectivity index (χ3n) is 7.79. The van der Waals surface area contributed by atoms with Gasteiger partial charge in [-0.05, 0) is 89.5 Å². The molecule has 1 saturated carbocycles. The number of imidazole rings is 1. The van der Waals surface area contributed by atoms with E-state index in [1.165, 1.54) is 5.52 Å². The Kier molecular flexibility index (Phi) is 9.65. The second-order valence-corrected chi connectivity index (χ2v) is 11.1. The molecular weight excluding hydrogens is 448 g/mol. The highest BCUT2D eigenvalue weighted by molar-refractivity contribution is 6.21. The van der Waals surface area contributed by atoms with Crippen molar-refractivity contribution < 1.29 is 9.53 Å². The van der Waals surface area contributed by atoms with Crippen molar-refractivity contribution >= 4 is 28.1 Å². The highest BCUT2D eigenvalue weighted by atomic mass is 16.5. The molecule has 1 unspecified atom stereocenters. The number of Topliss-reactive ketones (excluding diaryl/α,β-unsaturated/α-hetero) is 1. The van der Waals surface area contributed by atoms with Gasteiger partial charge in [0.2, 0.25) is 0 Å². The number of ketones is 1. The van der Waals surface area contributed by atoms with Crippen molar-refractivity contribution in [3.8, 4) is 0 Å². The molecule has 36 heavy (non-hydrogen) atoms. The first-order chi connectivity index (χ1) is 17.1. The van der Waals surface area contributed by atoms with Gasteiger partial charge in [-0.1, -0.05) is 26.0 Å². The molecule has 1 heterocycles. The highest BCUT2D eigenvalue weighted by Crippen LogP contribution is 2.38. The number of hydrogen-bond acceptors (Lipinski definition) is 5. The number of aromatic nitrogens is 2. The van der Waals surface area contributed by atoms with Crippen LogP contribution in [-0.2, 0) is 9.53 Å². The van der Waals surface area contributed by atoms with Gasteiger partial charge >= 0.3 is 0 Å². The zero-order valence-corrected chi connectivity index (χ0v) is 23.6. The second-order valence-electron chi connectivity index (χ2n) is 11.1. The topological polar surface area (TPSA) is 71.2 Å². The predicted octanol–water partition coefficient (Wildman–Crippen LogP) is 6.65. The van der Waals surface area contributed by atoms with Gasteiger partial charge in [0, 0.05) is 37.4 Å². The number of nitrogens with zero attached hydrogens (tertiary/aromatic N) is 3. The fourth-order valence-electron chi connectivity index (χ4n) is 5.66. The van der Waals surface area contributed by atoms with Crippen LogP contribution in [0.4, 0.5) is 0 Å². The zero-order chi connectivity index (χ0) is 26.6. The number of nitrogens with one attached hydrogen (secondary N) is 1. The lowest BCUT2D eigenvalue weighted by molar-refractivity contribution is -0.118.